The summed E-state index contributed by atoms with van der Waals surface area (Å²) in [6.45, 7) is 0.416. The van der Waals surface area contributed by atoms with E-state index < -0.39 is 0 Å². The molecule has 4 aromatic rings. The number of hydrogen-bond donors (Lipinski definition) is 1. The molecule has 0 bridgehead atoms. The quantitative estimate of drug-likeness (QED) is 0.595. The molecule has 0 spiro atoms. The Hall–Kier alpha value is -3.74. The predicted molar refractivity (Wildman–Crippen MR) is 108 cm³/mol. The standard InChI is InChI=1S/C21H20N6O/c1-26(13-19-25-17-8-3-4-9-18(17)27(19)2)20(28)15-7-5-6-14(10-15)16-11-23-21(22)24-12-16/h3-12H,13H2,1-2H3,(H2,22,23,24). The Bertz CT molecular complexity index is 1150. The summed E-state index contributed by atoms with van der Waals surface area (Å²) >= 11 is 0. The summed E-state index contributed by atoms with van der Waals surface area (Å²) in [5.74, 6) is 0.976. The van der Waals surface area contributed by atoms with Gasteiger partial charge in [0.2, 0.25) is 5.95 Å². The number of imidazole rings is 1. The minimum atomic E-state index is -0.0785. The fourth-order valence-corrected chi connectivity index (χ4v) is 3.16. The Labute approximate surface area is 162 Å². The number of carbonyl (C=O) groups excluding carboxylic acids is 1. The molecule has 0 radical (unpaired) electrons. The molecule has 2 aromatic carbocycles. The molecule has 140 valence electrons. The third-order valence-corrected chi connectivity index (χ3v) is 4.72. The van der Waals surface area contributed by atoms with Crippen LogP contribution in [0.3, 0.4) is 0 Å². The van der Waals surface area contributed by atoms with Crippen LogP contribution in [0.25, 0.3) is 22.2 Å². The van der Waals surface area contributed by atoms with Crippen LogP contribution in [0.15, 0.2) is 60.9 Å². The second-order valence-electron chi connectivity index (χ2n) is 6.65. The number of amides is 1. The molecule has 28 heavy (non-hydrogen) atoms. The first-order valence-electron chi connectivity index (χ1n) is 8.86. The van der Waals surface area contributed by atoms with Crippen LogP contribution in [0.1, 0.15) is 16.2 Å². The fraction of sp³-hybridized carbons (Fsp3) is 0.143. The molecule has 2 heterocycles. The zero-order valence-electron chi connectivity index (χ0n) is 15.7. The van der Waals surface area contributed by atoms with E-state index in [1.807, 2.05) is 54.1 Å². The molecule has 2 N–H and O–H groups in total. The first-order chi connectivity index (χ1) is 13.5. The van der Waals surface area contributed by atoms with Gasteiger partial charge in [0, 0.05) is 37.6 Å². The zero-order valence-corrected chi connectivity index (χ0v) is 15.7. The van der Waals surface area contributed by atoms with Gasteiger partial charge in [-0.2, -0.15) is 0 Å². The summed E-state index contributed by atoms with van der Waals surface area (Å²) in [4.78, 5) is 27.3. The van der Waals surface area contributed by atoms with Gasteiger partial charge in [0.1, 0.15) is 5.82 Å². The van der Waals surface area contributed by atoms with Crippen molar-refractivity contribution in [1.29, 1.82) is 0 Å². The van der Waals surface area contributed by atoms with Crippen LogP contribution >= 0.6 is 0 Å². The van der Waals surface area contributed by atoms with E-state index in [1.165, 1.54) is 0 Å². The maximum Gasteiger partial charge on any atom is 0.254 e. The van der Waals surface area contributed by atoms with Crippen molar-refractivity contribution in [2.45, 2.75) is 6.54 Å². The second kappa shape index (κ2) is 7.11. The Morgan fingerprint density at radius 3 is 2.57 bits per heavy atom. The molecular formula is C21H20N6O. The molecule has 7 nitrogen and oxygen atoms in total. The molecule has 0 unspecified atom stereocenters. The number of aromatic nitrogens is 4. The van der Waals surface area contributed by atoms with E-state index in [0.29, 0.717) is 12.1 Å². The van der Waals surface area contributed by atoms with Crippen LogP contribution in [0.5, 0.6) is 0 Å². The van der Waals surface area contributed by atoms with E-state index in [4.69, 9.17) is 5.73 Å². The predicted octanol–water partition coefficient (Wildman–Crippen LogP) is 2.88. The molecule has 0 atom stereocenters. The third kappa shape index (κ3) is 3.29. The molecule has 1 amide bonds. The minimum Gasteiger partial charge on any atom is -0.368 e. The van der Waals surface area contributed by atoms with Crippen molar-refractivity contribution in [1.82, 2.24) is 24.4 Å². The molecule has 2 aromatic heterocycles. The number of nitrogens with two attached hydrogens (primary N) is 1. The number of rotatable bonds is 4. The van der Waals surface area contributed by atoms with E-state index in [2.05, 4.69) is 15.0 Å². The summed E-state index contributed by atoms with van der Waals surface area (Å²) in [6, 6.07) is 15.3. The SMILES string of the molecule is CN(Cc1nc2ccccc2n1C)C(=O)c1cccc(-c2cnc(N)nc2)c1. The lowest BCUT2D eigenvalue weighted by Gasteiger charge is -2.17. The second-order valence-corrected chi connectivity index (χ2v) is 6.65. The van der Waals surface area contributed by atoms with Crippen molar-refractivity contribution in [3.63, 3.8) is 0 Å². The molecular weight excluding hydrogens is 352 g/mol. The average Bonchev–Trinajstić information content (AvgIpc) is 3.03. The highest BCUT2D eigenvalue weighted by Crippen LogP contribution is 2.21. The van der Waals surface area contributed by atoms with Gasteiger partial charge in [0.05, 0.1) is 17.6 Å². The number of aryl methyl sites for hydroxylation is 1. The van der Waals surface area contributed by atoms with Gasteiger partial charge in [0.25, 0.3) is 5.91 Å². The molecule has 0 saturated carbocycles. The third-order valence-electron chi connectivity index (χ3n) is 4.72. The summed E-state index contributed by atoms with van der Waals surface area (Å²) in [7, 11) is 3.74. The summed E-state index contributed by atoms with van der Waals surface area (Å²) in [5.41, 5.74) is 9.78. The number of fused-ring (bicyclic) bond motifs is 1. The summed E-state index contributed by atoms with van der Waals surface area (Å²) in [5, 5.41) is 0. The monoisotopic (exact) mass is 372 g/mol. The highest BCUT2D eigenvalue weighted by atomic mass is 16.2. The van der Waals surface area contributed by atoms with Gasteiger partial charge >= 0.3 is 0 Å². The van der Waals surface area contributed by atoms with Crippen LogP contribution in [0.2, 0.25) is 0 Å². The smallest absolute Gasteiger partial charge is 0.254 e. The van der Waals surface area contributed by atoms with Crippen molar-refractivity contribution in [2.24, 2.45) is 7.05 Å². The number of nitrogen functional groups attached to an aromatic ring is 1. The maximum absolute atomic E-state index is 13.0. The van der Waals surface area contributed by atoms with Crippen molar-refractivity contribution >= 4 is 22.9 Å². The Balaban J connectivity index is 1.57. The van der Waals surface area contributed by atoms with Crippen molar-refractivity contribution in [3.8, 4) is 11.1 Å². The van der Waals surface area contributed by atoms with Crippen LogP contribution in [-0.4, -0.2) is 37.4 Å². The molecule has 0 aliphatic rings. The van der Waals surface area contributed by atoms with E-state index in [0.717, 1.165) is 28.0 Å². The van der Waals surface area contributed by atoms with Gasteiger partial charge in [-0.25, -0.2) is 15.0 Å². The molecule has 4 rings (SSSR count). The lowest BCUT2D eigenvalue weighted by molar-refractivity contribution is 0.0780. The zero-order chi connectivity index (χ0) is 19.7. The molecule has 7 heteroatoms. The van der Waals surface area contributed by atoms with E-state index >= 15 is 0 Å². The summed E-state index contributed by atoms with van der Waals surface area (Å²) < 4.78 is 2.02. The minimum absolute atomic E-state index is 0.0785. The van der Waals surface area contributed by atoms with Crippen molar-refractivity contribution < 1.29 is 4.79 Å². The van der Waals surface area contributed by atoms with E-state index in [1.54, 1.807) is 30.4 Å². The number of benzene rings is 2. The highest BCUT2D eigenvalue weighted by Gasteiger charge is 2.16. The van der Waals surface area contributed by atoms with Gasteiger partial charge in [-0.3, -0.25) is 4.79 Å². The molecule has 0 aliphatic carbocycles. The van der Waals surface area contributed by atoms with Crippen LogP contribution in [0.4, 0.5) is 5.95 Å². The lowest BCUT2D eigenvalue weighted by atomic mass is 10.1. The van der Waals surface area contributed by atoms with Crippen molar-refractivity contribution in [3.05, 3.63) is 72.3 Å². The number of hydrogen-bond acceptors (Lipinski definition) is 5. The maximum atomic E-state index is 13.0. The topological polar surface area (TPSA) is 89.9 Å². The Kier molecular flexibility index (Phi) is 4.49. The number of carbonyl (C=O) groups is 1. The fourth-order valence-electron chi connectivity index (χ4n) is 3.16. The van der Waals surface area contributed by atoms with Gasteiger partial charge in [-0.15, -0.1) is 0 Å². The van der Waals surface area contributed by atoms with E-state index in [-0.39, 0.29) is 11.9 Å². The molecule has 0 fully saturated rings. The molecule has 0 saturated heterocycles. The average molecular weight is 372 g/mol. The van der Waals surface area contributed by atoms with Crippen molar-refractivity contribution in [2.75, 3.05) is 12.8 Å². The largest absolute Gasteiger partial charge is 0.368 e. The lowest BCUT2D eigenvalue weighted by Crippen LogP contribution is -2.27. The van der Waals surface area contributed by atoms with E-state index in [9.17, 15) is 4.79 Å². The molecule has 0 aliphatic heterocycles. The number of nitrogens with zero attached hydrogens (tertiary/aromatic N) is 5. The van der Waals surface area contributed by atoms with Gasteiger partial charge in [-0.05, 0) is 29.8 Å². The first-order valence-corrected chi connectivity index (χ1v) is 8.86. The van der Waals surface area contributed by atoms with Crippen LogP contribution in [-0.2, 0) is 13.6 Å². The van der Waals surface area contributed by atoms with Gasteiger partial charge < -0.3 is 15.2 Å². The first kappa shape index (κ1) is 17.7. The van der Waals surface area contributed by atoms with Gasteiger partial charge in [0.15, 0.2) is 0 Å². The summed E-state index contributed by atoms with van der Waals surface area (Å²) in [6.07, 6.45) is 3.30. The Morgan fingerprint density at radius 2 is 1.82 bits per heavy atom. The van der Waals surface area contributed by atoms with Crippen LogP contribution in [0, 0.1) is 0 Å². The number of para-hydroxylation sites is 2. The number of anilines is 1. The highest BCUT2D eigenvalue weighted by molar-refractivity contribution is 5.95. The van der Waals surface area contributed by atoms with Gasteiger partial charge in [-0.1, -0.05) is 24.3 Å². The van der Waals surface area contributed by atoms with Crippen LogP contribution < -0.4 is 5.73 Å². The normalized spacial score (nSPS) is 10.9. The Morgan fingerprint density at radius 1 is 1.07 bits per heavy atom.